The topological polar surface area (TPSA) is 72.8 Å². The van der Waals surface area contributed by atoms with Gasteiger partial charge >= 0.3 is 0 Å². The number of amides is 1. The third kappa shape index (κ3) is 4.16. The summed E-state index contributed by atoms with van der Waals surface area (Å²) in [5.74, 6) is 0.881. The number of carbonyl (C=O) groups is 1. The molecule has 2 rings (SSSR count). The number of nitrogens with zero attached hydrogens (tertiary/aromatic N) is 1. The molecule has 1 saturated carbocycles. The van der Waals surface area contributed by atoms with E-state index >= 15 is 0 Å². The molecule has 110 valence electrons. The van der Waals surface area contributed by atoms with E-state index in [-0.39, 0.29) is 18.6 Å². The van der Waals surface area contributed by atoms with E-state index < -0.39 is 6.10 Å². The lowest BCUT2D eigenvalue weighted by molar-refractivity contribution is -0.125. The van der Waals surface area contributed by atoms with Crippen LogP contribution in [0.25, 0.3) is 0 Å². The Bertz CT molecular complexity index is 294. The fraction of sp³-hybridized carbons (Fsp3) is 0.929. The minimum Gasteiger partial charge on any atom is -0.394 e. The van der Waals surface area contributed by atoms with E-state index in [1.165, 1.54) is 19.3 Å². The Hall–Kier alpha value is -0.650. The monoisotopic (exact) mass is 270 g/mol. The van der Waals surface area contributed by atoms with Crippen molar-refractivity contribution >= 4 is 5.91 Å². The summed E-state index contributed by atoms with van der Waals surface area (Å²) < 4.78 is 0. The summed E-state index contributed by atoms with van der Waals surface area (Å²) in [6, 6.07) is 0.0202. The molecular formula is C14H26N2O3. The smallest absolute Gasteiger partial charge is 0.237 e. The molecule has 1 aliphatic carbocycles. The Balaban J connectivity index is 1.70. The highest BCUT2D eigenvalue weighted by Gasteiger charge is 2.33. The number of carbonyl (C=O) groups excluding carboxylic acids is 1. The molecular weight excluding hydrogens is 244 g/mol. The first kappa shape index (κ1) is 14.8. The van der Waals surface area contributed by atoms with Crippen molar-refractivity contribution in [2.75, 3.05) is 26.2 Å². The third-order valence-electron chi connectivity index (χ3n) is 4.37. The number of hydrogen-bond donors (Lipinski definition) is 3. The first-order chi connectivity index (χ1) is 9.20. The van der Waals surface area contributed by atoms with Gasteiger partial charge in [0, 0.05) is 13.1 Å². The van der Waals surface area contributed by atoms with Gasteiger partial charge in [-0.2, -0.15) is 0 Å². The van der Waals surface area contributed by atoms with E-state index in [4.69, 9.17) is 5.11 Å². The molecule has 5 heteroatoms. The lowest BCUT2D eigenvalue weighted by Gasteiger charge is -2.32. The lowest BCUT2D eigenvalue weighted by Crippen LogP contribution is -2.46. The molecule has 2 aliphatic rings. The van der Waals surface area contributed by atoms with Crippen molar-refractivity contribution in [2.24, 2.45) is 5.92 Å². The Morgan fingerprint density at radius 1 is 1.32 bits per heavy atom. The molecule has 0 bridgehead atoms. The second-order valence-electron chi connectivity index (χ2n) is 5.87. The molecule has 3 N–H and O–H groups in total. The van der Waals surface area contributed by atoms with E-state index in [0.29, 0.717) is 13.0 Å². The van der Waals surface area contributed by atoms with Crippen LogP contribution in [-0.4, -0.2) is 59.4 Å². The SMILES string of the molecule is O=C(NCC[C@H](O)CO)C1CCCN1CC1CCC1. The molecule has 1 unspecified atom stereocenters. The highest BCUT2D eigenvalue weighted by molar-refractivity contribution is 5.82. The van der Waals surface area contributed by atoms with Gasteiger partial charge in [-0.3, -0.25) is 9.69 Å². The number of rotatable bonds is 7. The first-order valence-corrected chi connectivity index (χ1v) is 7.51. The molecule has 0 aromatic carbocycles. The van der Waals surface area contributed by atoms with Crippen LogP contribution in [0, 0.1) is 5.92 Å². The highest BCUT2D eigenvalue weighted by atomic mass is 16.3. The number of hydrogen-bond acceptors (Lipinski definition) is 4. The maximum Gasteiger partial charge on any atom is 0.237 e. The number of aliphatic hydroxyl groups excluding tert-OH is 2. The van der Waals surface area contributed by atoms with Gasteiger partial charge in [-0.05, 0) is 44.6 Å². The largest absolute Gasteiger partial charge is 0.394 e. The van der Waals surface area contributed by atoms with Gasteiger partial charge in [-0.25, -0.2) is 0 Å². The molecule has 0 radical (unpaired) electrons. The second-order valence-corrected chi connectivity index (χ2v) is 5.87. The summed E-state index contributed by atoms with van der Waals surface area (Å²) in [4.78, 5) is 14.4. The summed E-state index contributed by atoms with van der Waals surface area (Å²) >= 11 is 0. The van der Waals surface area contributed by atoms with Crippen molar-refractivity contribution in [2.45, 2.75) is 50.7 Å². The minimum absolute atomic E-state index is 0.0202. The van der Waals surface area contributed by atoms with Crippen LogP contribution in [0.5, 0.6) is 0 Å². The molecule has 1 aliphatic heterocycles. The molecule has 1 heterocycles. The van der Waals surface area contributed by atoms with Crippen LogP contribution < -0.4 is 5.32 Å². The fourth-order valence-electron chi connectivity index (χ4n) is 2.92. The predicted molar refractivity (Wildman–Crippen MR) is 72.7 cm³/mol. The summed E-state index contributed by atoms with van der Waals surface area (Å²) in [6.07, 6.45) is 5.70. The summed E-state index contributed by atoms with van der Waals surface area (Å²) in [5, 5.41) is 20.8. The van der Waals surface area contributed by atoms with Gasteiger partial charge in [0.1, 0.15) is 0 Å². The van der Waals surface area contributed by atoms with Gasteiger partial charge in [0.05, 0.1) is 18.8 Å². The number of aliphatic hydroxyl groups is 2. The molecule has 0 aromatic rings. The zero-order chi connectivity index (χ0) is 13.7. The molecule has 0 spiro atoms. The van der Waals surface area contributed by atoms with Crippen LogP contribution >= 0.6 is 0 Å². The maximum absolute atomic E-state index is 12.1. The van der Waals surface area contributed by atoms with Crippen LogP contribution in [0.2, 0.25) is 0 Å². The van der Waals surface area contributed by atoms with Crippen molar-refractivity contribution in [3.05, 3.63) is 0 Å². The van der Waals surface area contributed by atoms with Crippen LogP contribution in [0.4, 0.5) is 0 Å². The van der Waals surface area contributed by atoms with Gasteiger partial charge in [0.2, 0.25) is 5.91 Å². The Labute approximate surface area is 115 Å². The maximum atomic E-state index is 12.1. The van der Waals surface area contributed by atoms with Gasteiger partial charge in [0.25, 0.3) is 0 Å². The molecule has 19 heavy (non-hydrogen) atoms. The van der Waals surface area contributed by atoms with Crippen LogP contribution in [-0.2, 0) is 4.79 Å². The van der Waals surface area contributed by atoms with E-state index in [2.05, 4.69) is 10.2 Å². The average molecular weight is 270 g/mol. The van der Waals surface area contributed by atoms with Crippen LogP contribution in [0.1, 0.15) is 38.5 Å². The zero-order valence-corrected chi connectivity index (χ0v) is 11.6. The highest BCUT2D eigenvalue weighted by Crippen LogP contribution is 2.29. The Morgan fingerprint density at radius 3 is 2.74 bits per heavy atom. The third-order valence-corrected chi connectivity index (χ3v) is 4.37. The molecule has 5 nitrogen and oxygen atoms in total. The second kappa shape index (κ2) is 7.22. The standard InChI is InChI=1S/C14H26N2O3/c17-10-12(18)6-7-15-14(19)13-5-2-8-16(13)9-11-3-1-4-11/h11-13,17-18H,1-10H2,(H,15,19)/t12-,13?/m0/s1. The summed E-state index contributed by atoms with van der Waals surface area (Å²) in [5.41, 5.74) is 0. The van der Waals surface area contributed by atoms with Gasteiger partial charge in [-0.15, -0.1) is 0 Å². The van der Waals surface area contributed by atoms with E-state index in [1.54, 1.807) is 0 Å². The normalized spacial score (nSPS) is 26.1. The molecule has 2 atom stereocenters. The Kier molecular flexibility index (Phi) is 5.60. The van der Waals surface area contributed by atoms with Crippen LogP contribution in [0.15, 0.2) is 0 Å². The summed E-state index contributed by atoms with van der Waals surface area (Å²) in [6.45, 7) is 2.30. The van der Waals surface area contributed by atoms with E-state index in [1.807, 2.05) is 0 Å². The van der Waals surface area contributed by atoms with Gasteiger partial charge in [-0.1, -0.05) is 6.42 Å². The number of likely N-dealkylation sites (tertiary alicyclic amines) is 1. The summed E-state index contributed by atoms with van der Waals surface area (Å²) in [7, 11) is 0. The number of nitrogens with one attached hydrogen (secondary N) is 1. The van der Waals surface area contributed by atoms with E-state index in [9.17, 15) is 9.90 Å². The minimum atomic E-state index is -0.727. The van der Waals surface area contributed by atoms with Crippen molar-refractivity contribution in [3.8, 4) is 0 Å². The zero-order valence-electron chi connectivity index (χ0n) is 11.6. The average Bonchev–Trinajstić information content (AvgIpc) is 2.81. The van der Waals surface area contributed by atoms with Crippen LogP contribution in [0.3, 0.4) is 0 Å². The van der Waals surface area contributed by atoms with E-state index in [0.717, 1.165) is 31.8 Å². The van der Waals surface area contributed by atoms with Crippen molar-refractivity contribution in [1.82, 2.24) is 10.2 Å². The lowest BCUT2D eigenvalue weighted by atomic mass is 9.85. The molecule has 1 amide bonds. The van der Waals surface area contributed by atoms with Crippen molar-refractivity contribution in [1.29, 1.82) is 0 Å². The quantitative estimate of drug-likeness (QED) is 0.614. The van der Waals surface area contributed by atoms with Crippen molar-refractivity contribution < 1.29 is 15.0 Å². The fourth-order valence-corrected chi connectivity index (χ4v) is 2.92. The van der Waals surface area contributed by atoms with Gasteiger partial charge in [0.15, 0.2) is 0 Å². The first-order valence-electron chi connectivity index (χ1n) is 7.51. The van der Waals surface area contributed by atoms with Gasteiger partial charge < -0.3 is 15.5 Å². The predicted octanol–water partition coefficient (Wildman–Crippen LogP) is 0.110. The molecule has 2 fully saturated rings. The Morgan fingerprint density at radius 2 is 2.11 bits per heavy atom. The van der Waals surface area contributed by atoms with Crippen molar-refractivity contribution in [3.63, 3.8) is 0 Å². The molecule has 1 saturated heterocycles. The molecule has 0 aromatic heterocycles.